The van der Waals surface area contributed by atoms with Crippen LogP contribution in [-0.2, 0) is 13.5 Å². The molecule has 5 heteroatoms. The average Bonchev–Trinajstić information content (AvgIpc) is 3.18. The molecule has 0 fully saturated rings. The van der Waals surface area contributed by atoms with Gasteiger partial charge in [-0.1, -0.05) is 30.3 Å². The van der Waals surface area contributed by atoms with E-state index in [1.807, 2.05) is 43.5 Å². The van der Waals surface area contributed by atoms with Crippen molar-refractivity contribution in [2.45, 2.75) is 12.8 Å². The van der Waals surface area contributed by atoms with Crippen molar-refractivity contribution < 1.29 is 4.79 Å². The number of carbonyl (C=O) groups excluding carboxylic acids is 1. The number of rotatable bonds is 2. The van der Waals surface area contributed by atoms with E-state index in [0.717, 1.165) is 46.5 Å². The molecule has 0 aliphatic heterocycles. The van der Waals surface area contributed by atoms with Gasteiger partial charge in [0, 0.05) is 29.4 Å². The monoisotopic (exact) mass is 304 g/mol. The van der Waals surface area contributed by atoms with Crippen molar-refractivity contribution in [3.8, 4) is 11.3 Å². The first-order valence-corrected chi connectivity index (χ1v) is 7.59. The number of nitrogens with one attached hydrogen (secondary N) is 1. The largest absolute Gasteiger partial charge is 0.289 e. The summed E-state index contributed by atoms with van der Waals surface area (Å²) in [7, 11) is 1.88. The topological polar surface area (TPSA) is 63.6 Å². The second-order valence-corrected chi connectivity index (χ2v) is 5.69. The molecule has 0 bridgehead atoms. The lowest BCUT2D eigenvalue weighted by Crippen LogP contribution is -2.15. The first kappa shape index (κ1) is 13.7. The fourth-order valence-corrected chi connectivity index (χ4v) is 3.05. The number of Topliss-reactive ketones (excluding diaryl/α,β-unsaturated/α-hetero) is 1. The van der Waals surface area contributed by atoms with Gasteiger partial charge in [-0.25, -0.2) is 0 Å². The smallest absolute Gasteiger partial charge is 0.192 e. The molecule has 1 N–H and O–H groups in total. The van der Waals surface area contributed by atoms with Crippen LogP contribution in [0.4, 0.5) is 0 Å². The molecule has 0 unspecified atom stereocenters. The number of aromatic amines is 1. The molecule has 0 radical (unpaired) electrons. The van der Waals surface area contributed by atoms with E-state index in [9.17, 15) is 4.79 Å². The van der Waals surface area contributed by atoms with Crippen LogP contribution in [0.15, 0.2) is 48.3 Å². The Labute approximate surface area is 133 Å². The van der Waals surface area contributed by atoms with Crippen molar-refractivity contribution in [1.82, 2.24) is 20.0 Å². The van der Waals surface area contributed by atoms with E-state index in [1.165, 1.54) is 0 Å². The maximum atomic E-state index is 12.7. The molecule has 3 aromatic rings. The SMILES string of the molecule is Cn1ncc2c1CCC(=Cc1cn[nH]c1-c1ccccc1)C2=O. The third-order valence-corrected chi connectivity index (χ3v) is 4.29. The average molecular weight is 304 g/mol. The number of fused-ring (bicyclic) bond motifs is 1. The summed E-state index contributed by atoms with van der Waals surface area (Å²) in [4.78, 5) is 12.7. The van der Waals surface area contributed by atoms with Gasteiger partial charge in [-0.2, -0.15) is 10.2 Å². The first-order chi connectivity index (χ1) is 11.2. The van der Waals surface area contributed by atoms with Gasteiger partial charge in [0.1, 0.15) is 0 Å². The van der Waals surface area contributed by atoms with Gasteiger partial charge < -0.3 is 0 Å². The molecule has 23 heavy (non-hydrogen) atoms. The number of nitrogens with zero attached hydrogens (tertiary/aromatic N) is 3. The highest BCUT2D eigenvalue weighted by Gasteiger charge is 2.25. The highest BCUT2D eigenvalue weighted by Crippen LogP contribution is 2.28. The van der Waals surface area contributed by atoms with Gasteiger partial charge in [-0.3, -0.25) is 14.6 Å². The second-order valence-electron chi connectivity index (χ2n) is 5.69. The minimum Gasteiger partial charge on any atom is -0.289 e. The quantitative estimate of drug-likeness (QED) is 0.740. The van der Waals surface area contributed by atoms with Crippen molar-refractivity contribution >= 4 is 11.9 Å². The van der Waals surface area contributed by atoms with Gasteiger partial charge in [-0.15, -0.1) is 0 Å². The van der Waals surface area contributed by atoms with Gasteiger partial charge >= 0.3 is 0 Å². The van der Waals surface area contributed by atoms with E-state index >= 15 is 0 Å². The van der Waals surface area contributed by atoms with Crippen LogP contribution >= 0.6 is 0 Å². The predicted molar refractivity (Wildman–Crippen MR) is 87.9 cm³/mol. The van der Waals surface area contributed by atoms with Crippen LogP contribution in [0.2, 0.25) is 0 Å². The van der Waals surface area contributed by atoms with Gasteiger partial charge in [0.05, 0.1) is 23.7 Å². The number of ketones is 1. The van der Waals surface area contributed by atoms with Crippen molar-refractivity contribution in [1.29, 1.82) is 0 Å². The molecule has 0 atom stereocenters. The van der Waals surface area contributed by atoms with Crippen LogP contribution in [-0.4, -0.2) is 25.8 Å². The van der Waals surface area contributed by atoms with E-state index in [-0.39, 0.29) is 5.78 Å². The highest BCUT2D eigenvalue weighted by atomic mass is 16.1. The molecular formula is C18H16N4O. The summed E-state index contributed by atoms with van der Waals surface area (Å²) >= 11 is 0. The number of aryl methyl sites for hydroxylation is 1. The lowest BCUT2D eigenvalue weighted by molar-refractivity contribution is 0.102. The summed E-state index contributed by atoms with van der Waals surface area (Å²) in [5.41, 5.74) is 5.47. The second kappa shape index (κ2) is 5.35. The molecule has 0 saturated carbocycles. The van der Waals surface area contributed by atoms with Crippen molar-refractivity contribution in [3.05, 3.63) is 65.1 Å². The summed E-state index contributed by atoms with van der Waals surface area (Å²) in [5, 5.41) is 11.4. The molecule has 4 rings (SSSR count). The highest BCUT2D eigenvalue weighted by molar-refractivity contribution is 6.13. The number of aromatic nitrogens is 4. The summed E-state index contributed by atoms with van der Waals surface area (Å²) in [6, 6.07) is 10.0. The standard InChI is InChI=1S/C18H16N4O/c1-22-16-8-7-13(18(23)15(16)11-20-22)9-14-10-19-21-17(14)12-5-3-2-4-6-12/h2-6,9-11H,7-8H2,1H3,(H,19,21). The molecule has 0 saturated heterocycles. The van der Waals surface area contributed by atoms with Gasteiger partial charge in [-0.05, 0) is 18.9 Å². The Hall–Kier alpha value is -2.95. The Bertz CT molecular complexity index is 902. The lowest BCUT2D eigenvalue weighted by atomic mass is 9.90. The Morgan fingerprint density at radius 2 is 2.00 bits per heavy atom. The number of benzene rings is 1. The third kappa shape index (κ3) is 2.30. The van der Waals surface area contributed by atoms with E-state index in [2.05, 4.69) is 15.3 Å². The summed E-state index contributed by atoms with van der Waals surface area (Å²) in [6.07, 6.45) is 6.94. The Balaban J connectivity index is 1.73. The summed E-state index contributed by atoms with van der Waals surface area (Å²) in [6.45, 7) is 0. The number of hydrogen-bond acceptors (Lipinski definition) is 3. The van der Waals surface area contributed by atoms with Crippen LogP contribution in [0.25, 0.3) is 17.3 Å². The minimum atomic E-state index is 0.0690. The number of H-pyrrole nitrogens is 1. The molecule has 1 aliphatic rings. The molecule has 0 spiro atoms. The fourth-order valence-electron chi connectivity index (χ4n) is 3.05. The minimum absolute atomic E-state index is 0.0690. The zero-order valence-electron chi connectivity index (χ0n) is 12.8. The van der Waals surface area contributed by atoms with Crippen LogP contribution in [0.3, 0.4) is 0 Å². The van der Waals surface area contributed by atoms with Crippen molar-refractivity contribution in [2.75, 3.05) is 0 Å². The zero-order valence-corrected chi connectivity index (χ0v) is 12.8. The molecular weight excluding hydrogens is 288 g/mol. The fraction of sp³-hybridized carbons (Fsp3) is 0.167. The molecule has 5 nitrogen and oxygen atoms in total. The Morgan fingerprint density at radius 1 is 1.17 bits per heavy atom. The van der Waals surface area contributed by atoms with E-state index in [4.69, 9.17) is 0 Å². The van der Waals surface area contributed by atoms with E-state index in [1.54, 1.807) is 17.1 Å². The number of hydrogen-bond donors (Lipinski definition) is 1. The Kier molecular flexibility index (Phi) is 3.19. The normalized spacial score (nSPS) is 15.9. The number of carbonyl (C=O) groups is 1. The zero-order chi connectivity index (χ0) is 15.8. The van der Waals surface area contributed by atoms with Crippen molar-refractivity contribution in [2.24, 2.45) is 7.05 Å². The molecule has 114 valence electrons. The first-order valence-electron chi connectivity index (χ1n) is 7.59. The maximum absolute atomic E-state index is 12.7. The summed E-state index contributed by atoms with van der Waals surface area (Å²) in [5.74, 6) is 0.0690. The van der Waals surface area contributed by atoms with E-state index < -0.39 is 0 Å². The molecule has 2 aromatic heterocycles. The summed E-state index contributed by atoms with van der Waals surface area (Å²) < 4.78 is 1.79. The van der Waals surface area contributed by atoms with Crippen LogP contribution in [0, 0.1) is 0 Å². The van der Waals surface area contributed by atoms with Crippen LogP contribution in [0.1, 0.15) is 28.0 Å². The number of allylic oxidation sites excluding steroid dienone is 1. The molecule has 2 heterocycles. The maximum Gasteiger partial charge on any atom is 0.192 e. The molecule has 1 aliphatic carbocycles. The lowest BCUT2D eigenvalue weighted by Gasteiger charge is -2.14. The van der Waals surface area contributed by atoms with E-state index in [0.29, 0.717) is 0 Å². The van der Waals surface area contributed by atoms with Gasteiger partial charge in [0.2, 0.25) is 0 Å². The predicted octanol–water partition coefficient (Wildman–Crippen LogP) is 3.02. The van der Waals surface area contributed by atoms with Crippen LogP contribution < -0.4 is 0 Å². The molecule has 1 aromatic carbocycles. The van der Waals surface area contributed by atoms with Gasteiger partial charge in [0.25, 0.3) is 0 Å². The Morgan fingerprint density at radius 3 is 2.83 bits per heavy atom. The van der Waals surface area contributed by atoms with Crippen molar-refractivity contribution in [3.63, 3.8) is 0 Å². The molecule has 0 amide bonds. The van der Waals surface area contributed by atoms with Crippen LogP contribution in [0.5, 0.6) is 0 Å². The van der Waals surface area contributed by atoms with Gasteiger partial charge in [0.15, 0.2) is 5.78 Å². The third-order valence-electron chi connectivity index (χ3n) is 4.29.